The van der Waals surface area contributed by atoms with Gasteiger partial charge in [0.05, 0.1) is 30.6 Å². The average molecular weight is 799 g/mol. The van der Waals surface area contributed by atoms with Gasteiger partial charge in [0.1, 0.15) is 5.57 Å². The summed E-state index contributed by atoms with van der Waals surface area (Å²) in [4.78, 5) is 40.6. The molecule has 5 atom stereocenters. The smallest absolute Gasteiger partial charge is 0.341 e. The summed E-state index contributed by atoms with van der Waals surface area (Å²) in [5, 5.41) is 20.0. The molecule has 1 spiro atoms. The van der Waals surface area contributed by atoms with Gasteiger partial charge in [-0.1, -0.05) is 89.7 Å². The summed E-state index contributed by atoms with van der Waals surface area (Å²) in [6.45, 7) is 6.27. The minimum Gasteiger partial charge on any atom is -0.462 e. The molecule has 4 aliphatic rings. The second-order valence-corrected chi connectivity index (χ2v) is 17.0. The summed E-state index contributed by atoms with van der Waals surface area (Å²) in [6.07, 6.45) is 27.4. The Balaban J connectivity index is 1.09. The van der Waals surface area contributed by atoms with Crippen molar-refractivity contribution >= 4 is 23.5 Å². The third-order valence-corrected chi connectivity index (χ3v) is 12.0. The summed E-state index contributed by atoms with van der Waals surface area (Å²) in [6, 6.07) is 0.209. The van der Waals surface area contributed by atoms with Gasteiger partial charge in [0.2, 0.25) is 11.9 Å². The molecule has 0 aromatic rings. The standard InChI is InChI=1S/C45H78N6O6/c1-3-38-22-16-17-28-45(57-38)33-36-25-26-40-42(39(23-19-21-35(2)52)48-44(49-45)51(36)40)43(55)56-32-18-14-12-10-8-6-4-5-7-9-11-13-15-24-41(54)50(31-20-29-46)34-37(53)27-30-47/h16,22,35-38,52-53H,3-15,17-21,23-34,46-47H2,1-2H3/t35-,36+,37+,38+,45+/m1/s1. The zero-order chi connectivity index (χ0) is 40.9. The van der Waals surface area contributed by atoms with Crippen LogP contribution in [0.15, 0.2) is 33.4 Å². The summed E-state index contributed by atoms with van der Waals surface area (Å²) in [5.41, 5.74) is 13.0. The number of nitrogens with two attached hydrogens (primary N) is 2. The number of unbranched alkanes of at least 4 members (excludes halogenated alkanes) is 12. The predicted octanol–water partition coefficient (Wildman–Crippen LogP) is 7.20. The van der Waals surface area contributed by atoms with Crippen molar-refractivity contribution in [2.45, 2.75) is 204 Å². The van der Waals surface area contributed by atoms with Crippen molar-refractivity contribution in [3.8, 4) is 0 Å². The van der Waals surface area contributed by atoms with Crippen LogP contribution in [0.1, 0.15) is 174 Å². The Kier molecular flexibility index (Phi) is 21.3. The number of esters is 1. The van der Waals surface area contributed by atoms with E-state index in [9.17, 15) is 19.8 Å². The number of guanidine groups is 1. The van der Waals surface area contributed by atoms with Crippen molar-refractivity contribution in [1.82, 2.24) is 9.80 Å². The number of hydrogen-bond acceptors (Lipinski definition) is 11. The van der Waals surface area contributed by atoms with Crippen LogP contribution in [-0.2, 0) is 19.1 Å². The van der Waals surface area contributed by atoms with E-state index in [-0.39, 0.29) is 24.0 Å². The highest BCUT2D eigenvalue weighted by atomic mass is 16.5. The maximum Gasteiger partial charge on any atom is 0.341 e. The van der Waals surface area contributed by atoms with E-state index >= 15 is 0 Å². The number of amides is 1. The minimum atomic E-state index is -0.584. The van der Waals surface area contributed by atoms with Crippen LogP contribution in [0.2, 0.25) is 0 Å². The van der Waals surface area contributed by atoms with Gasteiger partial charge in [0, 0.05) is 44.1 Å². The molecule has 4 rings (SSSR count). The lowest BCUT2D eigenvalue weighted by molar-refractivity contribution is -0.138. The Labute approximate surface area is 344 Å². The van der Waals surface area contributed by atoms with Crippen LogP contribution in [0, 0.1) is 0 Å². The van der Waals surface area contributed by atoms with Crippen LogP contribution in [0.5, 0.6) is 0 Å². The van der Waals surface area contributed by atoms with Crippen LogP contribution in [0.4, 0.5) is 0 Å². The fourth-order valence-electron chi connectivity index (χ4n) is 8.79. The highest BCUT2D eigenvalue weighted by molar-refractivity contribution is 6.24. The lowest BCUT2D eigenvalue weighted by Crippen LogP contribution is -2.50. The Morgan fingerprint density at radius 1 is 0.965 bits per heavy atom. The molecule has 1 fully saturated rings. The van der Waals surface area contributed by atoms with Gasteiger partial charge in [-0.15, -0.1) is 0 Å². The van der Waals surface area contributed by atoms with Gasteiger partial charge in [0.25, 0.3) is 0 Å². The SMILES string of the molecule is CC[C@H]1C=CCC[C@@]2(C[C@@H]3CCC4=C(C(=O)OCCCCCCCCCCCCCCCC(=O)N(CCCN)C[C@@H](O)CCN)C(CCC[C@@H](C)O)=NC(=N2)N43)O1. The van der Waals surface area contributed by atoms with Gasteiger partial charge in [0.15, 0.2) is 5.72 Å². The molecule has 0 unspecified atom stereocenters. The van der Waals surface area contributed by atoms with E-state index in [0.717, 1.165) is 101 Å². The second-order valence-electron chi connectivity index (χ2n) is 17.0. The molecule has 1 saturated heterocycles. The normalized spacial score (nSPS) is 22.6. The number of aliphatic imine (C=N–C) groups is 2. The van der Waals surface area contributed by atoms with Crippen molar-refractivity contribution in [3.05, 3.63) is 23.4 Å². The number of ether oxygens (including phenoxy) is 2. The van der Waals surface area contributed by atoms with E-state index in [2.05, 4.69) is 24.0 Å². The molecule has 6 N–H and O–H groups in total. The first kappa shape index (κ1) is 47.0. The predicted molar refractivity (Wildman–Crippen MR) is 229 cm³/mol. The van der Waals surface area contributed by atoms with E-state index < -0.39 is 17.9 Å². The number of allylic oxidation sites excluding steroid dienone is 2. The molecule has 1 amide bonds. The first-order valence-electron chi connectivity index (χ1n) is 23.0. The highest BCUT2D eigenvalue weighted by Gasteiger charge is 2.49. The van der Waals surface area contributed by atoms with Gasteiger partial charge in [-0.05, 0) is 90.6 Å². The molecule has 12 nitrogen and oxygen atoms in total. The van der Waals surface area contributed by atoms with E-state index in [4.69, 9.17) is 30.9 Å². The van der Waals surface area contributed by atoms with Crippen LogP contribution in [0.25, 0.3) is 0 Å². The summed E-state index contributed by atoms with van der Waals surface area (Å²) in [7, 11) is 0. The van der Waals surface area contributed by atoms with Crippen molar-refractivity contribution in [2.24, 2.45) is 21.5 Å². The largest absolute Gasteiger partial charge is 0.462 e. The third-order valence-electron chi connectivity index (χ3n) is 12.0. The first-order valence-corrected chi connectivity index (χ1v) is 23.0. The number of hydrogen-bond donors (Lipinski definition) is 4. The van der Waals surface area contributed by atoms with Gasteiger partial charge >= 0.3 is 5.97 Å². The molecule has 0 aromatic heterocycles. The lowest BCUT2D eigenvalue weighted by atomic mass is 9.95. The fourth-order valence-corrected chi connectivity index (χ4v) is 8.79. The molecular weight excluding hydrogens is 721 g/mol. The van der Waals surface area contributed by atoms with Crippen molar-refractivity contribution in [3.63, 3.8) is 0 Å². The molecule has 0 saturated carbocycles. The monoisotopic (exact) mass is 799 g/mol. The summed E-state index contributed by atoms with van der Waals surface area (Å²) >= 11 is 0. The Hall–Kier alpha value is -2.64. The number of carbonyl (C=O) groups excluding carboxylic acids is 2. The Morgan fingerprint density at radius 2 is 1.65 bits per heavy atom. The quantitative estimate of drug-likeness (QED) is 0.0346. The zero-order valence-corrected chi connectivity index (χ0v) is 35.6. The van der Waals surface area contributed by atoms with Gasteiger partial charge in [-0.2, -0.15) is 0 Å². The molecule has 0 bridgehead atoms. The van der Waals surface area contributed by atoms with E-state index in [1.54, 1.807) is 11.8 Å². The molecule has 4 heterocycles. The number of rotatable bonds is 29. The van der Waals surface area contributed by atoms with E-state index in [0.29, 0.717) is 70.0 Å². The molecule has 12 heteroatoms. The van der Waals surface area contributed by atoms with E-state index in [1.807, 2.05) is 0 Å². The molecule has 324 valence electrons. The van der Waals surface area contributed by atoms with E-state index in [1.165, 1.54) is 44.9 Å². The summed E-state index contributed by atoms with van der Waals surface area (Å²) < 4.78 is 12.6. The average Bonchev–Trinajstić information content (AvgIpc) is 3.50. The molecule has 0 radical (unpaired) electrons. The molecule has 0 aromatic carbocycles. The lowest BCUT2D eigenvalue weighted by Gasteiger charge is -2.43. The van der Waals surface area contributed by atoms with Gasteiger partial charge in [-0.3, -0.25) is 4.79 Å². The number of nitrogens with zero attached hydrogens (tertiary/aromatic N) is 4. The number of carbonyl (C=O) groups is 2. The van der Waals surface area contributed by atoms with Crippen LogP contribution in [0.3, 0.4) is 0 Å². The molecular formula is C45H78N6O6. The van der Waals surface area contributed by atoms with Crippen LogP contribution < -0.4 is 11.5 Å². The topological polar surface area (TPSA) is 176 Å². The third kappa shape index (κ3) is 15.5. The molecule has 57 heavy (non-hydrogen) atoms. The van der Waals surface area contributed by atoms with Crippen LogP contribution >= 0.6 is 0 Å². The Bertz CT molecular complexity index is 1350. The Morgan fingerprint density at radius 3 is 2.30 bits per heavy atom. The first-order chi connectivity index (χ1) is 27.7. The second kappa shape index (κ2) is 25.8. The molecule has 0 aliphatic carbocycles. The van der Waals surface area contributed by atoms with Crippen molar-refractivity contribution in [1.29, 1.82) is 0 Å². The maximum atomic E-state index is 13.7. The van der Waals surface area contributed by atoms with Crippen molar-refractivity contribution in [2.75, 3.05) is 32.8 Å². The zero-order valence-electron chi connectivity index (χ0n) is 35.6. The number of aliphatic hydroxyl groups excluding tert-OH is 2. The van der Waals surface area contributed by atoms with Crippen molar-refractivity contribution < 1.29 is 29.3 Å². The minimum absolute atomic E-state index is 0.0480. The maximum absolute atomic E-state index is 13.7. The summed E-state index contributed by atoms with van der Waals surface area (Å²) in [5.74, 6) is 0.525. The number of aliphatic hydroxyl groups is 2. The van der Waals surface area contributed by atoms with Gasteiger partial charge < -0.3 is 41.0 Å². The van der Waals surface area contributed by atoms with Crippen LogP contribution in [-0.4, -0.2) is 106 Å². The highest BCUT2D eigenvalue weighted by Crippen LogP contribution is 2.45. The fraction of sp³-hybridized carbons (Fsp3) is 0.822. The van der Waals surface area contributed by atoms with Gasteiger partial charge in [-0.25, -0.2) is 14.8 Å². The molecule has 4 aliphatic heterocycles.